The number of nitrogens with zero attached hydrogens (tertiary/aromatic N) is 1. The number of nitrogens with one attached hydrogen (secondary N) is 1. The van der Waals surface area contributed by atoms with Crippen LogP contribution in [0.25, 0.3) is 0 Å². The van der Waals surface area contributed by atoms with Gasteiger partial charge >= 0.3 is 6.18 Å². The first-order valence-corrected chi connectivity index (χ1v) is 10.7. The Morgan fingerprint density at radius 2 is 1.79 bits per heavy atom. The molecule has 0 spiro atoms. The molecule has 28 heavy (non-hydrogen) atoms. The van der Waals surface area contributed by atoms with Gasteiger partial charge in [0, 0.05) is 17.6 Å². The summed E-state index contributed by atoms with van der Waals surface area (Å²) < 4.78 is 66.1. The second-order valence-corrected chi connectivity index (χ2v) is 9.40. The zero-order valence-corrected chi connectivity index (χ0v) is 16.1. The number of hydrogen-bond donors (Lipinski definition) is 1. The molecular formula is C20H21F3N2O2S. The zero-order valence-electron chi connectivity index (χ0n) is 15.3. The van der Waals surface area contributed by atoms with Gasteiger partial charge in [-0.05, 0) is 68.9 Å². The first-order valence-electron chi connectivity index (χ1n) is 9.18. The lowest BCUT2D eigenvalue weighted by atomic mass is 9.91. The Hall–Kier alpha value is -2.06. The maximum Gasteiger partial charge on any atom is 0.417 e. The van der Waals surface area contributed by atoms with Crippen molar-refractivity contribution in [2.45, 2.75) is 40.8 Å². The van der Waals surface area contributed by atoms with Gasteiger partial charge in [-0.1, -0.05) is 12.1 Å². The van der Waals surface area contributed by atoms with Gasteiger partial charge in [-0.15, -0.1) is 0 Å². The van der Waals surface area contributed by atoms with Crippen molar-refractivity contribution in [3.8, 4) is 0 Å². The van der Waals surface area contributed by atoms with Crippen LogP contribution < -0.4 is 5.32 Å². The topological polar surface area (TPSA) is 49.4 Å². The van der Waals surface area contributed by atoms with Gasteiger partial charge < -0.3 is 10.2 Å². The fourth-order valence-corrected chi connectivity index (χ4v) is 5.70. The Morgan fingerprint density at radius 3 is 2.54 bits per heavy atom. The molecule has 2 atom stereocenters. The van der Waals surface area contributed by atoms with Crippen molar-refractivity contribution < 1.29 is 21.6 Å². The minimum absolute atomic E-state index is 0.0944. The lowest BCUT2D eigenvalue weighted by Gasteiger charge is -2.16. The van der Waals surface area contributed by atoms with Gasteiger partial charge in [-0.25, -0.2) is 8.42 Å². The molecule has 150 valence electrons. The van der Waals surface area contributed by atoms with E-state index in [0.29, 0.717) is 0 Å². The van der Waals surface area contributed by atoms with Crippen LogP contribution in [0.5, 0.6) is 0 Å². The normalized spacial score (nSPS) is 22.9. The minimum Gasteiger partial charge on any atom is -0.381 e. The molecule has 2 heterocycles. The van der Waals surface area contributed by atoms with E-state index in [1.165, 1.54) is 18.2 Å². The van der Waals surface area contributed by atoms with Gasteiger partial charge in [-0.2, -0.15) is 13.2 Å². The third-order valence-electron chi connectivity index (χ3n) is 5.69. The Balaban J connectivity index is 1.76. The number of anilines is 1. The summed E-state index contributed by atoms with van der Waals surface area (Å²) in [6.07, 6.45) is -2.92. The molecule has 8 heteroatoms. The smallest absolute Gasteiger partial charge is 0.381 e. The largest absolute Gasteiger partial charge is 0.417 e. The van der Waals surface area contributed by atoms with E-state index in [1.807, 2.05) is 0 Å². The maximum atomic E-state index is 13.3. The van der Waals surface area contributed by atoms with E-state index in [1.54, 1.807) is 12.1 Å². The molecule has 4 nitrogen and oxygen atoms in total. The molecule has 0 saturated carbocycles. The van der Waals surface area contributed by atoms with Crippen molar-refractivity contribution in [1.29, 1.82) is 0 Å². The first kappa shape index (κ1) is 19.3. The quantitative estimate of drug-likeness (QED) is 0.809. The van der Waals surface area contributed by atoms with Crippen LogP contribution in [-0.4, -0.2) is 39.5 Å². The molecule has 1 saturated heterocycles. The highest BCUT2D eigenvalue weighted by molar-refractivity contribution is 7.91. The van der Waals surface area contributed by atoms with E-state index in [4.69, 9.17) is 0 Å². The van der Waals surface area contributed by atoms with Gasteiger partial charge in [0.2, 0.25) is 9.84 Å². The number of hydrogen-bond acceptors (Lipinski definition) is 4. The SMILES string of the molecule is CN1CC[C@@H]2Nc3ccc(S(=O)(=O)c4ccccc4C(F)(F)F)cc3[C@@H]2CC1. The van der Waals surface area contributed by atoms with Crippen LogP contribution in [-0.2, 0) is 16.0 Å². The molecule has 0 bridgehead atoms. The summed E-state index contributed by atoms with van der Waals surface area (Å²) >= 11 is 0. The van der Waals surface area contributed by atoms with E-state index < -0.39 is 26.5 Å². The van der Waals surface area contributed by atoms with Crippen LogP contribution in [0.15, 0.2) is 52.3 Å². The average Bonchev–Trinajstić information content (AvgIpc) is 2.90. The standard InChI is InChI=1S/C20H21F3N2O2S/c1-25-10-8-14-15-12-13(6-7-17(15)24-18(14)9-11-25)28(26,27)19-5-3-2-4-16(19)20(21,22)23/h2-7,12,14,18,24H,8-11H2,1H3/t14-,18-/m0/s1. The average molecular weight is 410 g/mol. The fourth-order valence-electron chi connectivity index (χ4n) is 4.19. The Labute approximate surface area is 162 Å². The van der Waals surface area contributed by atoms with E-state index in [2.05, 4.69) is 17.3 Å². The Morgan fingerprint density at radius 1 is 1.07 bits per heavy atom. The summed E-state index contributed by atoms with van der Waals surface area (Å²) in [5, 5.41) is 3.45. The van der Waals surface area contributed by atoms with Gasteiger partial charge in [0.25, 0.3) is 0 Å². The number of likely N-dealkylation sites (tertiary alicyclic amines) is 1. The summed E-state index contributed by atoms with van der Waals surface area (Å²) in [7, 11) is -2.24. The van der Waals surface area contributed by atoms with Crippen molar-refractivity contribution in [1.82, 2.24) is 4.90 Å². The summed E-state index contributed by atoms with van der Waals surface area (Å²) in [5.74, 6) is 0.160. The molecule has 1 N–H and O–H groups in total. The molecule has 0 amide bonds. The molecule has 1 fully saturated rings. The van der Waals surface area contributed by atoms with E-state index >= 15 is 0 Å². The molecule has 2 aliphatic rings. The van der Waals surface area contributed by atoms with Crippen molar-refractivity contribution in [3.05, 3.63) is 53.6 Å². The number of rotatable bonds is 2. The van der Waals surface area contributed by atoms with Crippen LogP contribution in [0.2, 0.25) is 0 Å². The molecule has 0 aliphatic carbocycles. The van der Waals surface area contributed by atoms with Gasteiger partial charge in [0.1, 0.15) is 0 Å². The number of fused-ring (bicyclic) bond motifs is 3. The summed E-state index contributed by atoms with van der Waals surface area (Å²) in [6.45, 7) is 1.85. The number of benzene rings is 2. The summed E-state index contributed by atoms with van der Waals surface area (Å²) in [4.78, 5) is 1.44. The maximum absolute atomic E-state index is 13.3. The highest BCUT2D eigenvalue weighted by Crippen LogP contribution is 2.43. The zero-order chi connectivity index (χ0) is 20.1. The second-order valence-electron chi connectivity index (χ2n) is 7.48. The van der Waals surface area contributed by atoms with Crippen LogP contribution in [0.4, 0.5) is 18.9 Å². The van der Waals surface area contributed by atoms with Crippen molar-refractivity contribution in [3.63, 3.8) is 0 Å². The molecular weight excluding hydrogens is 389 g/mol. The number of sulfone groups is 1. The lowest BCUT2D eigenvalue weighted by Crippen LogP contribution is -2.22. The highest BCUT2D eigenvalue weighted by atomic mass is 32.2. The number of halogens is 3. The molecule has 0 unspecified atom stereocenters. The predicted molar refractivity (Wildman–Crippen MR) is 100 cm³/mol. The predicted octanol–water partition coefficient (Wildman–Crippen LogP) is 4.14. The molecule has 2 aromatic rings. The van der Waals surface area contributed by atoms with Crippen LogP contribution in [0, 0.1) is 0 Å². The molecule has 0 aromatic heterocycles. The fraction of sp³-hybridized carbons (Fsp3) is 0.400. The van der Waals surface area contributed by atoms with E-state index in [0.717, 1.165) is 49.3 Å². The molecule has 4 rings (SSSR count). The van der Waals surface area contributed by atoms with Crippen LogP contribution in [0.1, 0.15) is 29.9 Å². The first-order chi connectivity index (χ1) is 13.2. The van der Waals surface area contributed by atoms with E-state index in [-0.39, 0.29) is 16.9 Å². The second kappa shape index (κ2) is 6.77. The van der Waals surface area contributed by atoms with E-state index in [9.17, 15) is 21.6 Å². The Kier molecular flexibility index (Phi) is 4.66. The van der Waals surface area contributed by atoms with Gasteiger partial charge in [-0.3, -0.25) is 0 Å². The Bertz CT molecular complexity index is 1000. The number of alkyl halides is 3. The lowest BCUT2D eigenvalue weighted by molar-refractivity contribution is -0.139. The molecule has 2 aliphatic heterocycles. The van der Waals surface area contributed by atoms with Crippen LogP contribution >= 0.6 is 0 Å². The third kappa shape index (κ3) is 3.28. The van der Waals surface area contributed by atoms with Gasteiger partial charge in [0.05, 0.1) is 15.4 Å². The summed E-state index contributed by atoms with van der Waals surface area (Å²) in [5.41, 5.74) is 0.621. The third-order valence-corrected chi connectivity index (χ3v) is 7.49. The van der Waals surface area contributed by atoms with Crippen molar-refractivity contribution >= 4 is 15.5 Å². The molecule has 2 aromatic carbocycles. The van der Waals surface area contributed by atoms with Crippen molar-refractivity contribution in [2.24, 2.45) is 0 Å². The highest BCUT2D eigenvalue weighted by Gasteiger charge is 2.39. The summed E-state index contributed by atoms with van der Waals surface area (Å²) in [6, 6.07) is 9.19. The van der Waals surface area contributed by atoms with Crippen LogP contribution in [0.3, 0.4) is 0 Å². The minimum atomic E-state index is -4.74. The molecule has 0 radical (unpaired) electrons. The monoisotopic (exact) mass is 410 g/mol. The van der Waals surface area contributed by atoms with Crippen molar-refractivity contribution in [2.75, 3.05) is 25.5 Å². The van der Waals surface area contributed by atoms with Gasteiger partial charge in [0.15, 0.2) is 0 Å².